The predicted molar refractivity (Wildman–Crippen MR) is 74.2 cm³/mol. The molecule has 0 aromatic carbocycles. The molecule has 0 spiro atoms. The number of carboxylic acids is 1. The summed E-state index contributed by atoms with van der Waals surface area (Å²) in [6, 6.07) is 6.42. The van der Waals surface area contributed by atoms with Crippen LogP contribution in [-0.2, 0) is 6.54 Å². The lowest BCUT2D eigenvalue weighted by atomic mass is 10.2. The van der Waals surface area contributed by atoms with Gasteiger partial charge in [0.2, 0.25) is 5.82 Å². The highest BCUT2D eigenvalue weighted by Gasteiger charge is 2.18. The summed E-state index contributed by atoms with van der Waals surface area (Å²) in [6.45, 7) is 2.09. The third-order valence-corrected chi connectivity index (χ3v) is 2.69. The maximum atomic E-state index is 11.0. The van der Waals surface area contributed by atoms with Crippen LogP contribution in [0.1, 0.15) is 21.7 Å². The number of hydrogen-bond acceptors (Lipinski definition) is 6. The van der Waals surface area contributed by atoms with Gasteiger partial charge in [0, 0.05) is 18.0 Å². The van der Waals surface area contributed by atoms with E-state index in [1.807, 2.05) is 19.1 Å². The van der Waals surface area contributed by atoms with E-state index in [0.29, 0.717) is 5.69 Å². The first-order chi connectivity index (χ1) is 9.97. The normalized spacial score (nSPS) is 10.1. The smallest absolute Gasteiger partial charge is 0.337 e. The zero-order valence-corrected chi connectivity index (χ0v) is 11.1. The Labute approximate surface area is 119 Å². The third-order valence-electron chi connectivity index (χ3n) is 2.69. The zero-order chi connectivity index (χ0) is 15.4. The Morgan fingerprint density at radius 3 is 2.86 bits per heavy atom. The number of pyridine rings is 2. The molecule has 0 saturated carbocycles. The van der Waals surface area contributed by atoms with Crippen LogP contribution in [0, 0.1) is 17.0 Å². The van der Waals surface area contributed by atoms with Gasteiger partial charge in [-0.25, -0.2) is 9.78 Å². The average Bonchev–Trinajstić information content (AvgIpc) is 2.44. The van der Waals surface area contributed by atoms with E-state index in [0.717, 1.165) is 18.0 Å². The molecule has 0 aliphatic carbocycles. The standard InChI is InChI=1S/C13H12N4O4/c1-8-3-2-4-10(16-8)7-15-12-11(17(20)21)5-9(6-14-12)13(18)19/h2-6H,7H2,1H3,(H,14,15)(H,18,19). The lowest BCUT2D eigenvalue weighted by Crippen LogP contribution is -2.08. The summed E-state index contributed by atoms with van der Waals surface area (Å²) in [5.74, 6) is -1.26. The summed E-state index contributed by atoms with van der Waals surface area (Å²) in [6.07, 6.45) is 1.07. The van der Waals surface area contributed by atoms with Gasteiger partial charge in [-0.3, -0.25) is 15.1 Å². The molecule has 0 bridgehead atoms. The second kappa shape index (κ2) is 5.95. The van der Waals surface area contributed by atoms with Crippen molar-refractivity contribution in [2.75, 3.05) is 5.32 Å². The molecule has 0 aliphatic heterocycles. The quantitative estimate of drug-likeness (QED) is 0.638. The number of aryl methyl sites for hydroxylation is 1. The summed E-state index contributed by atoms with van der Waals surface area (Å²) in [7, 11) is 0. The lowest BCUT2D eigenvalue weighted by Gasteiger charge is -2.07. The number of aromatic nitrogens is 2. The van der Waals surface area contributed by atoms with Gasteiger partial charge < -0.3 is 10.4 Å². The number of carbonyl (C=O) groups is 1. The van der Waals surface area contributed by atoms with Gasteiger partial charge in [-0.2, -0.15) is 0 Å². The minimum Gasteiger partial charge on any atom is -0.478 e. The molecule has 2 aromatic rings. The van der Waals surface area contributed by atoms with Crippen molar-refractivity contribution in [2.24, 2.45) is 0 Å². The zero-order valence-electron chi connectivity index (χ0n) is 11.1. The van der Waals surface area contributed by atoms with Crippen LogP contribution in [0.5, 0.6) is 0 Å². The summed E-state index contributed by atoms with van der Waals surface area (Å²) < 4.78 is 0. The van der Waals surface area contributed by atoms with Crippen molar-refractivity contribution in [2.45, 2.75) is 13.5 Å². The molecule has 2 rings (SSSR count). The third kappa shape index (κ3) is 3.50. The van der Waals surface area contributed by atoms with Crippen molar-refractivity contribution in [3.05, 3.63) is 57.5 Å². The van der Waals surface area contributed by atoms with E-state index < -0.39 is 10.9 Å². The Bertz CT molecular complexity index is 702. The highest BCUT2D eigenvalue weighted by molar-refractivity contribution is 5.88. The van der Waals surface area contributed by atoms with Crippen molar-refractivity contribution in [1.29, 1.82) is 0 Å². The highest BCUT2D eigenvalue weighted by atomic mass is 16.6. The molecule has 0 fully saturated rings. The fraction of sp³-hybridized carbons (Fsp3) is 0.154. The summed E-state index contributed by atoms with van der Waals surface area (Å²) in [5, 5.41) is 22.6. The molecule has 0 aliphatic rings. The average molecular weight is 288 g/mol. The number of hydrogen-bond donors (Lipinski definition) is 2. The first kappa shape index (κ1) is 14.4. The topological polar surface area (TPSA) is 118 Å². The Kier molecular flexibility index (Phi) is 4.07. The van der Waals surface area contributed by atoms with E-state index >= 15 is 0 Å². The minimum absolute atomic E-state index is 0.00769. The van der Waals surface area contributed by atoms with Crippen molar-refractivity contribution >= 4 is 17.5 Å². The van der Waals surface area contributed by atoms with Crippen LogP contribution >= 0.6 is 0 Å². The molecule has 0 atom stereocenters. The van der Waals surface area contributed by atoms with Crippen LogP contribution in [0.2, 0.25) is 0 Å². The number of nitrogens with zero attached hydrogens (tertiary/aromatic N) is 3. The van der Waals surface area contributed by atoms with Crippen LogP contribution in [0.4, 0.5) is 11.5 Å². The van der Waals surface area contributed by atoms with Gasteiger partial charge in [0.15, 0.2) is 0 Å². The Hall–Kier alpha value is -3.03. The summed E-state index contributed by atoms with van der Waals surface area (Å²) in [5.41, 5.74) is 0.912. The first-order valence-electron chi connectivity index (χ1n) is 6.01. The Balaban J connectivity index is 2.23. The number of carboxylic acid groups (broad SMARTS) is 1. The fourth-order valence-electron chi connectivity index (χ4n) is 1.72. The molecule has 8 nitrogen and oxygen atoms in total. The van der Waals surface area contributed by atoms with Crippen LogP contribution in [0.15, 0.2) is 30.5 Å². The SMILES string of the molecule is Cc1cccc(CNc2ncc(C(=O)O)cc2[N+](=O)[O-])n1. The summed E-state index contributed by atoms with van der Waals surface area (Å²) in [4.78, 5) is 29.2. The second-order valence-corrected chi connectivity index (χ2v) is 4.28. The molecule has 2 aromatic heterocycles. The van der Waals surface area contributed by atoms with Gasteiger partial charge in [-0.05, 0) is 19.1 Å². The van der Waals surface area contributed by atoms with E-state index in [9.17, 15) is 14.9 Å². The molecule has 0 unspecified atom stereocenters. The van der Waals surface area contributed by atoms with E-state index in [1.54, 1.807) is 6.07 Å². The van der Waals surface area contributed by atoms with Crippen LogP contribution in [0.3, 0.4) is 0 Å². The van der Waals surface area contributed by atoms with Crippen molar-refractivity contribution in [1.82, 2.24) is 9.97 Å². The molecule has 0 radical (unpaired) electrons. The van der Waals surface area contributed by atoms with E-state index in [4.69, 9.17) is 5.11 Å². The summed E-state index contributed by atoms with van der Waals surface area (Å²) >= 11 is 0. The van der Waals surface area contributed by atoms with Gasteiger partial charge in [-0.1, -0.05) is 6.07 Å². The molecule has 0 amide bonds. The maximum absolute atomic E-state index is 11.0. The van der Waals surface area contributed by atoms with Gasteiger partial charge in [-0.15, -0.1) is 0 Å². The number of aromatic carboxylic acids is 1. The fourth-order valence-corrected chi connectivity index (χ4v) is 1.72. The van der Waals surface area contributed by atoms with Gasteiger partial charge in [0.1, 0.15) is 0 Å². The number of anilines is 1. The molecule has 8 heteroatoms. The minimum atomic E-state index is -1.27. The monoisotopic (exact) mass is 288 g/mol. The van der Waals surface area contributed by atoms with E-state index in [1.165, 1.54) is 0 Å². The number of nitro groups is 1. The van der Waals surface area contributed by atoms with Gasteiger partial charge in [0.05, 0.1) is 22.7 Å². The molecule has 0 saturated heterocycles. The number of nitrogens with one attached hydrogen (secondary N) is 1. The van der Waals surface area contributed by atoms with Crippen LogP contribution in [-0.4, -0.2) is 26.0 Å². The molecule has 2 N–H and O–H groups in total. The molecular formula is C13H12N4O4. The largest absolute Gasteiger partial charge is 0.478 e. The van der Waals surface area contributed by atoms with Gasteiger partial charge in [0.25, 0.3) is 0 Å². The Morgan fingerprint density at radius 2 is 2.24 bits per heavy atom. The second-order valence-electron chi connectivity index (χ2n) is 4.28. The van der Waals surface area contributed by atoms with Crippen molar-refractivity contribution in [3.8, 4) is 0 Å². The number of rotatable bonds is 5. The van der Waals surface area contributed by atoms with E-state index in [2.05, 4.69) is 15.3 Å². The van der Waals surface area contributed by atoms with Crippen molar-refractivity contribution in [3.63, 3.8) is 0 Å². The van der Waals surface area contributed by atoms with E-state index in [-0.39, 0.29) is 23.6 Å². The van der Waals surface area contributed by atoms with Crippen LogP contribution < -0.4 is 5.32 Å². The van der Waals surface area contributed by atoms with Crippen LogP contribution in [0.25, 0.3) is 0 Å². The molecular weight excluding hydrogens is 276 g/mol. The van der Waals surface area contributed by atoms with Gasteiger partial charge >= 0.3 is 11.7 Å². The molecule has 2 heterocycles. The maximum Gasteiger partial charge on any atom is 0.337 e. The molecule has 21 heavy (non-hydrogen) atoms. The lowest BCUT2D eigenvalue weighted by molar-refractivity contribution is -0.384. The van der Waals surface area contributed by atoms with Crippen molar-refractivity contribution < 1.29 is 14.8 Å². The predicted octanol–water partition coefficient (Wildman–Crippen LogP) is 2.00. The molecule has 108 valence electrons. The Morgan fingerprint density at radius 1 is 1.48 bits per heavy atom. The highest BCUT2D eigenvalue weighted by Crippen LogP contribution is 2.23. The first-order valence-corrected chi connectivity index (χ1v) is 6.01.